The number of oxazole rings is 1. The lowest BCUT2D eigenvalue weighted by Gasteiger charge is -2.29. The van der Waals surface area contributed by atoms with Gasteiger partial charge in [-0.25, -0.2) is 14.5 Å². The second kappa shape index (κ2) is 11.9. The second-order valence-corrected chi connectivity index (χ2v) is 13.2. The fourth-order valence-electron chi connectivity index (χ4n) is 7.67. The second-order valence-electron chi connectivity index (χ2n) is 13.2. The Hall–Kier alpha value is -6.37. The van der Waals surface area contributed by atoms with E-state index in [1.807, 2.05) is 48.7 Å². The zero-order valence-corrected chi connectivity index (χ0v) is 27.3. The molecule has 254 valence electrons. The summed E-state index contributed by atoms with van der Waals surface area (Å²) in [7, 11) is 0. The lowest BCUT2D eigenvalue weighted by molar-refractivity contribution is 0.0635. The molecule has 0 radical (unpaired) electrons. The Bertz CT molecular complexity index is 2590. The maximum absolute atomic E-state index is 15.4. The average Bonchev–Trinajstić information content (AvgIpc) is 3.82. The Labute approximate surface area is 289 Å². The molecule has 12 nitrogen and oxygen atoms in total. The van der Waals surface area contributed by atoms with Crippen LogP contribution in [0.25, 0.3) is 38.6 Å². The van der Waals surface area contributed by atoms with Gasteiger partial charge in [-0.05, 0) is 78.4 Å². The predicted octanol–water partition coefficient (Wildman–Crippen LogP) is 5.21. The molecule has 0 aliphatic carbocycles. The highest BCUT2D eigenvalue weighted by Gasteiger charge is 2.42. The molecule has 13 heteroatoms. The topological polar surface area (TPSA) is 156 Å². The first-order chi connectivity index (χ1) is 24.8. The van der Waals surface area contributed by atoms with Gasteiger partial charge in [0.1, 0.15) is 22.7 Å². The molecule has 0 spiro atoms. The maximum Gasteiger partial charge on any atom is 0.292 e. The Morgan fingerprint density at radius 3 is 2.65 bits per heavy atom. The third-order valence-electron chi connectivity index (χ3n) is 10.2. The summed E-state index contributed by atoms with van der Waals surface area (Å²) in [5.74, 6) is -1.18. The van der Waals surface area contributed by atoms with Crippen molar-refractivity contribution in [3.05, 3.63) is 124 Å². The molecule has 2 fully saturated rings. The molecule has 2 unspecified atom stereocenters. The standard InChI is InChI=1S/C38H31FN8O4/c39-29-10-5-21(16-30-26-3-1-2-4-27(26)35(48)44-43-30)15-28(29)36(49)47-24-8-9-25(47)20-45(14-13-24)37(50)32-18-41-34-12-7-23(19-46(32)34)22-6-11-33-31(17-22)42-38(40)51-33/h1-7,10-12,15,17-19,24-25H,8-9,13-14,16,20H2,(H2,40,42)(H,44,48). The molecular formula is C38H31FN8O4. The summed E-state index contributed by atoms with van der Waals surface area (Å²) < 4.78 is 22.6. The van der Waals surface area contributed by atoms with Crippen LogP contribution in [-0.4, -0.2) is 71.4 Å². The molecule has 2 amide bonds. The quantitative estimate of drug-likeness (QED) is 0.251. The number of nitrogens with two attached hydrogens (primary N) is 1. The van der Waals surface area contributed by atoms with Crippen molar-refractivity contribution in [3.8, 4) is 11.1 Å². The number of anilines is 1. The van der Waals surface area contributed by atoms with E-state index in [1.165, 1.54) is 6.07 Å². The minimum Gasteiger partial charge on any atom is -0.424 e. The number of H-pyrrole nitrogens is 1. The summed E-state index contributed by atoms with van der Waals surface area (Å²) >= 11 is 0. The van der Waals surface area contributed by atoms with E-state index in [9.17, 15) is 14.4 Å². The molecule has 0 saturated carbocycles. The highest BCUT2D eigenvalue weighted by atomic mass is 19.1. The number of hydrogen-bond acceptors (Lipinski definition) is 8. The average molecular weight is 683 g/mol. The van der Waals surface area contributed by atoms with E-state index >= 15 is 4.39 Å². The minimum atomic E-state index is -0.604. The van der Waals surface area contributed by atoms with E-state index in [2.05, 4.69) is 20.2 Å². The molecular weight excluding hydrogens is 651 g/mol. The summed E-state index contributed by atoms with van der Waals surface area (Å²) in [5, 5.41) is 8.01. The van der Waals surface area contributed by atoms with Crippen molar-refractivity contribution in [2.24, 2.45) is 0 Å². The smallest absolute Gasteiger partial charge is 0.292 e. The van der Waals surface area contributed by atoms with E-state index < -0.39 is 5.82 Å². The van der Waals surface area contributed by atoms with Crippen molar-refractivity contribution < 1.29 is 18.4 Å². The molecule has 2 aliphatic heterocycles. The van der Waals surface area contributed by atoms with Crippen LogP contribution in [0.15, 0.2) is 94.4 Å². The molecule has 6 heterocycles. The first-order valence-corrected chi connectivity index (χ1v) is 16.8. The SMILES string of the molecule is Nc1nc2cc(-c3ccc4ncc(C(=O)N5CCC6CCC(C5)N6C(=O)c5cc(Cc6n[nH]c(=O)c7ccccc67)ccc5F)n4c3)ccc2o1. The number of aromatic amines is 1. The molecule has 4 aromatic heterocycles. The van der Waals surface area contributed by atoms with E-state index in [0.29, 0.717) is 76.8 Å². The van der Waals surface area contributed by atoms with Gasteiger partial charge < -0.3 is 20.0 Å². The Kier molecular flexibility index (Phi) is 7.16. The molecule has 2 saturated heterocycles. The van der Waals surface area contributed by atoms with Gasteiger partial charge >= 0.3 is 0 Å². The van der Waals surface area contributed by atoms with Gasteiger partial charge in [-0.15, -0.1) is 0 Å². The molecule has 2 bridgehead atoms. The monoisotopic (exact) mass is 682 g/mol. The van der Waals surface area contributed by atoms with E-state index in [-0.39, 0.29) is 41.0 Å². The van der Waals surface area contributed by atoms with Gasteiger partial charge in [0.2, 0.25) is 0 Å². The summed E-state index contributed by atoms with van der Waals surface area (Å²) in [6.07, 6.45) is 5.83. The largest absolute Gasteiger partial charge is 0.424 e. The first kappa shape index (κ1) is 30.7. The highest BCUT2D eigenvalue weighted by molar-refractivity contribution is 5.96. The predicted molar refractivity (Wildman–Crippen MR) is 188 cm³/mol. The van der Waals surface area contributed by atoms with Gasteiger partial charge in [-0.1, -0.05) is 30.3 Å². The Morgan fingerprint density at radius 2 is 1.76 bits per heavy atom. The van der Waals surface area contributed by atoms with Crippen molar-refractivity contribution in [2.45, 2.75) is 37.8 Å². The molecule has 9 rings (SSSR count). The number of aromatic nitrogens is 5. The number of hydrogen-bond donors (Lipinski definition) is 2. The molecule has 2 atom stereocenters. The van der Waals surface area contributed by atoms with Gasteiger partial charge in [0.25, 0.3) is 23.4 Å². The molecule has 3 N–H and O–H groups in total. The lowest BCUT2D eigenvalue weighted by Crippen LogP contribution is -2.44. The van der Waals surface area contributed by atoms with Crippen LogP contribution in [0.1, 0.15) is 51.4 Å². The number of carbonyl (C=O) groups excluding carboxylic acids is 2. The fraction of sp³-hybridized carbons (Fsp3) is 0.211. The number of pyridine rings is 1. The molecule has 51 heavy (non-hydrogen) atoms. The van der Waals surface area contributed by atoms with Crippen LogP contribution in [-0.2, 0) is 6.42 Å². The van der Waals surface area contributed by atoms with Crippen LogP contribution in [0.2, 0.25) is 0 Å². The number of imidazole rings is 1. The number of rotatable bonds is 5. The summed E-state index contributed by atoms with van der Waals surface area (Å²) in [6, 6.07) is 20.8. The summed E-state index contributed by atoms with van der Waals surface area (Å²) in [6.45, 7) is 0.779. The van der Waals surface area contributed by atoms with Crippen molar-refractivity contribution >= 4 is 45.3 Å². The maximum atomic E-state index is 15.4. The van der Waals surface area contributed by atoms with Gasteiger partial charge in [0.05, 0.1) is 22.8 Å². The Morgan fingerprint density at radius 1 is 0.941 bits per heavy atom. The third-order valence-corrected chi connectivity index (χ3v) is 10.2. The van der Waals surface area contributed by atoms with Gasteiger partial charge in [-0.3, -0.25) is 18.8 Å². The lowest BCUT2D eigenvalue weighted by atomic mass is 10.0. The number of nitrogens with zero attached hydrogens (tertiary/aromatic N) is 6. The van der Waals surface area contributed by atoms with Crippen molar-refractivity contribution in [2.75, 3.05) is 18.8 Å². The van der Waals surface area contributed by atoms with Crippen molar-refractivity contribution in [3.63, 3.8) is 0 Å². The number of nitrogens with one attached hydrogen (secondary N) is 1. The number of likely N-dealkylation sites (tertiary alicyclic amines) is 1. The minimum absolute atomic E-state index is 0.0151. The van der Waals surface area contributed by atoms with Crippen LogP contribution >= 0.6 is 0 Å². The zero-order valence-electron chi connectivity index (χ0n) is 27.3. The van der Waals surface area contributed by atoms with Gasteiger partial charge in [0, 0.05) is 43.2 Å². The number of halogens is 1. The van der Waals surface area contributed by atoms with E-state index in [0.717, 1.165) is 17.5 Å². The number of benzene rings is 3. The summed E-state index contributed by atoms with van der Waals surface area (Å²) in [5.41, 5.74) is 10.8. The number of carbonyl (C=O) groups is 2. The van der Waals surface area contributed by atoms with Gasteiger partial charge in [-0.2, -0.15) is 10.1 Å². The van der Waals surface area contributed by atoms with Crippen LogP contribution in [0.3, 0.4) is 0 Å². The summed E-state index contributed by atoms with van der Waals surface area (Å²) in [4.78, 5) is 52.8. The van der Waals surface area contributed by atoms with E-state index in [1.54, 1.807) is 44.7 Å². The Balaban J connectivity index is 0.966. The first-order valence-electron chi connectivity index (χ1n) is 16.8. The molecule has 7 aromatic rings. The van der Waals surface area contributed by atoms with E-state index in [4.69, 9.17) is 10.2 Å². The van der Waals surface area contributed by atoms with Crippen LogP contribution in [0.5, 0.6) is 0 Å². The van der Waals surface area contributed by atoms with Crippen LogP contribution in [0, 0.1) is 5.82 Å². The van der Waals surface area contributed by atoms with Gasteiger partial charge in [0.15, 0.2) is 5.58 Å². The zero-order chi connectivity index (χ0) is 34.8. The number of fused-ring (bicyclic) bond motifs is 5. The molecule has 2 aliphatic rings. The van der Waals surface area contributed by atoms with Crippen LogP contribution < -0.4 is 11.3 Å². The number of nitrogen functional groups attached to an aromatic ring is 1. The normalized spacial score (nSPS) is 17.4. The number of amides is 2. The van der Waals surface area contributed by atoms with Crippen LogP contribution in [0.4, 0.5) is 10.4 Å². The van der Waals surface area contributed by atoms with Crippen molar-refractivity contribution in [1.82, 2.24) is 34.4 Å². The third kappa shape index (κ3) is 5.28. The highest BCUT2D eigenvalue weighted by Crippen LogP contribution is 2.34. The molecule has 3 aromatic carbocycles. The fourth-order valence-corrected chi connectivity index (χ4v) is 7.67. The van der Waals surface area contributed by atoms with Crippen molar-refractivity contribution in [1.29, 1.82) is 0 Å².